The van der Waals surface area contributed by atoms with Crippen LogP contribution in [0.5, 0.6) is 0 Å². The molecular formula is C20H23FN2O2S. The van der Waals surface area contributed by atoms with Gasteiger partial charge in [0.1, 0.15) is 5.82 Å². The van der Waals surface area contributed by atoms with Crippen molar-refractivity contribution < 1.29 is 12.8 Å². The molecule has 138 valence electrons. The van der Waals surface area contributed by atoms with Crippen LogP contribution in [0.25, 0.3) is 0 Å². The Kier molecular flexibility index (Phi) is 4.28. The lowest BCUT2D eigenvalue weighted by molar-refractivity contribution is 0.345. The van der Waals surface area contributed by atoms with Gasteiger partial charge in [0.05, 0.1) is 9.79 Å². The molecule has 6 heteroatoms. The third-order valence-corrected chi connectivity index (χ3v) is 7.53. The average molecular weight is 374 g/mol. The first-order valence-electron chi connectivity index (χ1n) is 8.94. The summed E-state index contributed by atoms with van der Waals surface area (Å²) >= 11 is 0. The molecule has 0 aromatic heterocycles. The first-order valence-corrected chi connectivity index (χ1v) is 10.4. The van der Waals surface area contributed by atoms with E-state index in [2.05, 4.69) is 23.9 Å². The van der Waals surface area contributed by atoms with Crippen LogP contribution in [0.1, 0.15) is 24.3 Å². The van der Waals surface area contributed by atoms with Crippen molar-refractivity contribution in [2.75, 3.05) is 32.1 Å². The lowest BCUT2D eigenvalue weighted by Gasteiger charge is -2.25. The highest BCUT2D eigenvalue weighted by atomic mass is 32.2. The Hall–Kier alpha value is -1.92. The number of likely N-dealkylation sites (N-methyl/N-ethyl adjacent to an activating group) is 1. The summed E-state index contributed by atoms with van der Waals surface area (Å²) in [5, 5.41) is 0. The maximum absolute atomic E-state index is 13.5. The molecule has 0 amide bonds. The molecular weight excluding hydrogens is 351 g/mol. The third-order valence-electron chi connectivity index (χ3n) is 5.79. The van der Waals surface area contributed by atoms with Crippen molar-refractivity contribution in [1.82, 2.24) is 4.90 Å². The highest BCUT2D eigenvalue weighted by Gasteiger charge is 2.38. The maximum Gasteiger partial charge on any atom is 0.206 e. The monoisotopic (exact) mass is 374 g/mol. The molecule has 2 aromatic carbocycles. The van der Waals surface area contributed by atoms with Gasteiger partial charge in [-0.3, -0.25) is 0 Å². The molecule has 4 nitrogen and oxygen atoms in total. The van der Waals surface area contributed by atoms with E-state index in [-0.39, 0.29) is 9.79 Å². The van der Waals surface area contributed by atoms with E-state index in [0.29, 0.717) is 12.0 Å². The van der Waals surface area contributed by atoms with Gasteiger partial charge in [0.2, 0.25) is 9.84 Å². The van der Waals surface area contributed by atoms with Crippen LogP contribution in [-0.2, 0) is 9.84 Å². The Morgan fingerprint density at radius 1 is 1.00 bits per heavy atom. The molecule has 0 spiro atoms. The first-order chi connectivity index (χ1) is 12.4. The van der Waals surface area contributed by atoms with E-state index in [0.717, 1.165) is 43.2 Å². The van der Waals surface area contributed by atoms with Gasteiger partial charge in [-0.15, -0.1) is 0 Å². The van der Waals surface area contributed by atoms with Gasteiger partial charge >= 0.3 is 0 Å². The lowest BCUT2D eigenvalue weighted by atomic mass is 9.91. The Bertz CT molecular complexity index is 945. The van der Waals surface area contributed by atoms with E-state index in [1.165, 1.54) is 18.2 Å². The van der Waals surface area contributed by atoms with Crippen LogP contribution >= 0.6 is 0 Å². The summed E-state index contributed by atoms with van der Waals surface area (Å²) in [4.78, 5) is 4.87. The van der Waals surface area contributed by atoms with E-state index < -0.39 is 15.7 Å². The van der Waals surface area contributed by atoms with Gasteiger partial charge in [-0.05, 0) is 74.9 Å². The van der Waals surface area contributed by atoms with Crippen LogP contribution in [0.4, 0.5) is 10.1 Å². The van der Waals surface area contributed by atoms with E-state index >= 15 is 0 Å². The van der Waals surface area contributed by atoms with Crippen molar-refractivity contribution in [1.29, 1.82) is 0 Å². The van der Waals surface area contributed by atoms with E-state index in [1.807, 2.05) is 12.1 Å². The Labute approximate surface area is 154 Å². The second-order valence-electron chi connectivity index (χ2n) is 7.35. The highest BCUT2D eigenvalue weighted by Crippen LogP contribution is 2.45. The molecule has 0 radical (unpaired) electrons. The summed E-state index contributed by atoms with van der Waals surface area (Å²) in [6.45, 7) is 2.06. The summed E-state index contributed by atoms with van der Waals surface area (Å²) in [6, 6.07) is 11.0. The van der Waals surface area contributed by atoms with Crippen LogP contribution in [0.15, 0.2) is 52.3 Å². The fourth-order valence-electron chi connectivity index (χ4n) is 4.31. The summed E-state index contributed by atoms with van der Waals surface area (Å²) in [7, 11) is 0.497. The molecule has 2 atom stereocenters. The SMILES string of the molecule is CN1CC[C@H]2c3cc(S(=O)(=O)c4cccc(F)c4)ccc3N(C)[C@H]2CC1. The lowest BCUT2D eigenvalue weighted by Crippen LogP contribution is -2.31. The largest absolute Gasteiger partial charge is 0.371 e. The second kappa shape index (κ2) is 6.35. The zero-order valence-electron chi connectivity index (χ0n) is 15.0. The molecule has 2 aliphatic rings. The summed E-state index contributed by atoms with van der Waals surface area (Å²) < 4.78 is 39.4. The molecule has 2 aliphatic heterocycles. The Balaban J connectivity index is 1.76. The van der Waals surface area contributed by atoms with Gasteiger partial charge < -0.3 is 9.80 Å². The molecule has 1 saturated heterocycles. The summed E-state index contributed by atoms with van der Waals surface area (Å²) in [5.41, 5.74) is 2.22. The molecule has 0 bridgehead atoms. The van der Waals surface area contributed by atoms with Crippen molar-refractivity contribution >= 4 is 15.5 Å². The number of rotatable bonds is 2. The van der Waals surface area contributed by atoms with E-state index in [9.17, 15) is 12.8 Å². The van der Waals surface area contributed by atoms with Crippen LogP contribution in [0.2, 0.25) is 0 Å². The molecule has 1 fully saturated rings. The molecule has 4 rings (SSSR count). The fourth-order valence-corrected chi connectivity index (χ4v) is 5.64. The van der Waals surface area contributed by atoms with Gasteiger partial charge in [-0.25, -0.2) is 12.8 Å². The van der Waals surface area contributed by atoms with Crippen molar-refractivity contribution in [2.24, 2.45) is 0 Å². The number of nitrogens with zero attached hydrogens (tertiary/aromatic N) is 2. The number of sulfone groups is 1. The predicted octanol–water partition coefficient (Wildman–Crippen LogP) is 3.29. The van der Waals surface area contributed by atoms with Crippen molar-refractivity contribution in [3.8, 4) is 0 Å². The minimum atomic E-state index is -3.73. The van der Waals surface area contributed by atoms with Crippen LogP contribution in [0, 0.1) is 5.82 Å². The molecule has 0 unspecified atom stereocenters. The molecule has 0 N–H and O–H groups in total. The quantitative estimate of drug-likeness (QED) is 0.809. The minimum absolute atomic E-state index is 0.000881. The van der Waals surface area contributed by atoms with Crippen molar-refractivity contribution in [3.63, 3.8) is 0 Å². The Morgan fingerprint density at radius 3 is 2.50 bits per heavy atom. The van der Waals surface area contributed by atoms with Gasteiger partial charge in [0.25, 0.3) is 0 Å². The van der Waals surface area contributed by atoms with Gasteiger partial charge in [-0.2, -0.15) is 0 Å². The molecule has 26 heavy (non-hydrogen) atoms. The van der Waals surface area contributed by atoms with Crippen LogP contribution < -0.4 is 4.90 Å². The minimum Gasteiger partial charge on any atom is -0.371 e. The van der Waals surface area contributed by atoms with Crippen molar-refractivity contribution in [2.45, 2.75) is 34.6 Å². The third kappa shape index (κ3) is 2.81. The molecule has 2 heterocycles. The molecule has 0 aliphatic carbocycles. The Morgan fingerprint density at radius 2 is 1.73 bits per heavy atom. The number of hydrogen-bond acceptors (Lipinski definition) is 4. The van der Waals surface area contributed by atoms with Gasteiger partial charge in [0, 0.05) is 24.7 Å². The zero-order chi connectivity index (χ0) is 18.5. The van der Waals surface area contributed by atoms with Crippen LogP contribution in [-0.4, -0.2) is 46.5 Å². The van der Waals surface area contributed by atoms with Gasteiger partial charge in [-0.1, -0.05) is 6.07 Å². The fraction of sp³-hybridized carbons (Fsp3) is 0.400. The number of likely N-dealkylation sites (tertiary alicyclic amines) is 1. The number of fused-ring (bicyclic) bond motifs is 3. The highest BCUT2D eigenvalue weighted by molar-refractivity contribution is 7.91. The summed E-state index contributed by atoms with van der Waals surface area (Å²) in [5.74, 6) is -0.207. The van der Waals surface area contributed by atoms with E-state index in [4.69, 9.17) is 0 Å². The van der Waals surface area contributed by atoms with Crippen LogP contribution in [0.3, 0.4) is 0 Å². The van der Waals surface area contributed by atoms with Gasteiger partial charge in [0.15, 0.2) is 0 Å². The maximum atomic E-state index is 13.5. The van der Waals surface area contributed by atoms with Crippen molar-refractivity contribution in [3.05, 3.63) is 53.8 Å². The van der Waals surface area contributed by atoms with E-state index in [1.54, 1.807) is 6.07 Å². The number of anilines is 1. The zero-order valence-corrected chi connectivity index (χ0v) is 15.8. The standard InChI is InChI=1S/C20H23FN2O2S/c1-22-10-8-17-18-13-16(6-7-19(18)23(2)20(17)9-11-22)26(24,25)15-5-3-4-14(21)12-15/h3-7,12-13,17,20H,8-11H2,1-2H3/t17-,20-/m0/s1. The normalized spacial score (nSPS) is 23.4. The average Bonchev–Trinajstić information content (AvgIpc) is 2.75. The first kappa shape index (κ1) is 17.5. The predicted molar refractivity (Wildman–Crippen MR) is 100.0 cm³/mol. The number of benzene rings is 2. The molecule has 0 saturated carbocycles. The molecule has 2 aromatic rings. The summed E-state index contributed by atoms with van der Waals surface area (Å²) in [6.07, 6.45) is 2.08. The smallest absolute Gasteiger partial charge is 0.206 e. The number of hydrogen-bond donors (Lipinski definition) is 0. The topological polar surface area (TPSA) is 40.6 Å². The second-order valence-corrected chi connectivity index (χ2v) is 9.30. The number of halogens is 1.